The van der Waals surface area contributed by atoms with E-state index in [0.717, 1.165) is 0 Å². The average molecular weight is 679 g/mol. The minimum absolute atomic E-state index is 0.0830. The van der Waals surface area contributed by atoms with Gasteiger partial charge in [-0.15, -0.1) is 11.3 Å². The van der Waals surface area contributed by atoms with Gasteiger partial charge in [-0.05, 0) is 118 Å². The summed E-state index contributed by atoms with van der Waals surface area (Å²) in [5.41, 5.74) is 13.0. The highest BCUT2D eigenvalue weighted by atomic mass is 32.1. The van der Waals surface area contributed by atoms with Crippen molar-refractivity contribution in [1.29, 1.82) is 0 Å². The summed E-state index contributed by atoms with van der Waals surface area (Å²) in [6.45, 7) is 4.76. The zero-order chi connectivity index (χ0) is 34.6. The highest BCUT2D eigenvalue weighted by Crippen LogP contribution is 2.52. The Balaban J connectivity index is 1.24. The number of fused-ring (bicyclic) bond motifs is 9. The SMILES string of the molecule is CC1(C)c2ccccc2-c2ccc(-c3c4ccccc4c(-c4ccc5sc6ccccc6c5c4)c4ccc(-c5cccc6ccccc56)cc34)cc21. The maximum atomic E-state index is 2.49. The Labute approximate surface area is 307 Å². The first kappa shape index (κ1) is 29.7. The second-order valence-electron chi connectivity index (χ2n) is 14.8. The van der Waals surface area contributed by atoms with Crippen molar-refractivity contribution in [3.05, 3.63) is 181 Å². The van der Waals surface area contributed by atoms with Crippen LogP contribution in [0, 0.1) is 0 Å². The summed E-state index contributed by atoms with van der Waals surface area (Å²) in [5, 5.41) is 10.3. The molecule has 11 rings (SSSR count). The Morgan fingerprint density at radius 2 is 0.904 bits per heavy atom. The quantitative estimate of drug-likeness (QED) is 0.163. The van der Waals surface area contributed by atoms with E-state index in [1.54, 1.807) is 0 Å². The van der Waals surface area contributed by atoms with Gasteiger partial charge in [-0.1, -0.05) is 153 Å². The van der Waals surface area contributed by atoms with E-state index in [0.29, 0.717) is 0 Å². The van der Waals surface area contributed by atoms with Crippen LogP contribution in [-0.2, 0) is 5.41 Å². The third-order valence-corrected chi connectivity index (χ3v) is 12.8. The molecule has 1 heteroatoms. The van der Waals surface area contributed by atoms with Gasteiger partial charge in [0.15, 0.2) is 0 Å². The Bertz CT molecular complexity index is 3090. The van der Waals surface area contributed by atoms with Crippen LogP contribution in [0.5, 0.6) is 0 Å². The number of hydrogen-bond donors (Lipinski definition) is 0. The van der Waals surface area contributed by atoms with E-state index in [-0.39, 0.29) is 5.41 Å². The van der Waals surface area contributed by atoms with Crippen LogP contribution in [0.4, 0.5) is 0 Å². The van der Waals surface area contributed by atoms with E-state index in [2.05, 4.69) is 184 Å². The zero-order valence-corrected chi connectivity index (χ0v) is 29.9. The first-order chi connectivity index (χ1) is 25.5. The topological polar surface area (TPSA) is 0 Å². The summed E-state index contributed by atoms with van der Waals surface area (Å²) < 4.78 is 2.66. The third-order valence-electron chi connectivity index (χ3n) is 11.7. The molecule has 0 radical (unpaired) electrons. The molecule has 1 aliphatic carbocycles. The predicted octanol–water partition coefficient (Wildman–Crippen LogP) is 14.8. The van der Waals surface area contributed by atoms with Gasteiger partial charge in [-0.25, -0.2) is 0 Å². The van der Waals surface area contributed by atoms with Crippen molar-refractivity contribution in [1.82, 2.24) is 0 Å². The fourth-order valence-corrected chi connectivity index (χ4v) is 10.3. The Kier molecular flexibility index (Phi) is 6.27. The van der Waals surface area contributed by atoms with Crippen LogP contribution in [0.1, 0.15) is 25.0 Å². The average Bonchev–Trinajstić information content (AvgIpc) is 3.67. The van der Waals surface area contributed by atoms with Crippen molar-refractivity contribution in [3.8, 4) is 44.5 Å². The van der Waals surface area contributed by atoms with E-state index in [9.17, 15) is 0 Å². The van der Waals surface area contributed by atoms with Crippen molar-refractivity contribution in [3.63, 3.8) is 0 Å². The van der Waals surface area contributed by atoms with Gasteiger partial charge in [0.2, 0.25) is 0 Å². The lowest BCUT2D eigenvalue weighted by Gasteiger charge is -2.23. The largest absolute Gasteiger partial charge is 0.135 e. The molecule has 0 aliphatic heterocycles. The van der Waals surface area contributed by atoms with Gasteiger partial charge in [0, 0.05) is 25.6 Å². The number of hydrogen-bond acceptors (Lipinski definition) is 1. The summed E-state index contributed by atoms with van der Waals surface area (Å²) in [4.78, 5) is 0. The van der Waals surface area contributed by atoms with Crippen LogP contribution >= 0.6 is 11.3 Å². The lowest BCUT2D eigenvalue weighted by Crippen LogP contribution is -2.14. The van der Waals surface area contributed by atoms with Gasteiger partial charge >= 0.3 is 0 Å². The molecule has 9 aromatic carbocycles. The fourth-order valence-electron chi connectivity index (χ4n) is 9.19. The normalized spacial score (nSPS) is 13.3. The summed E-state index contributed by atoms with van der Waals surface area (Å²) in [5.74, 6) is 0. The molecule has 244 valence electrons. The molecular weight excluding hydrogens is 645 g/mol. The minimum Gasteiger partial charge on any atom is -0.135 e. The fraction of sp³-hybridized carbons (Fsp3) is 0.0588. The minimum atomic E-state index is -0.0830. The van der Waals surface area contributed by atoms with Gasteiger partial charge in [0.1, 0.15) is 0 Å². The zero-order valence-electron chi connectivity index (χ0n) is 29.1. The van der Waals surface area contributed by atoms with E-state index < -0.39 is 0 Å². The van der Waals surface area contributed by atoms with Crippen molar-refractivity contribution in [2.45, 2.75) is 19.3 Å². The number of benzene rings is 9. The Morgan fingerprint density at radius 3 is 1.77 bits per heavy atom. The molecule has 0 nitrogen and oxygen atoms in total. The molecule has 0 unspecified atom stereocenters. The molecule has 0 N–H and O–H groups in total. The third kappa shape index (κ3) is 4.21. The van der Waals surface area contributed by atoms with Crippen LogP contribution < -0.4 is 0 Å². The molecule has 0 saturated heterocycles. The molecule has 0 bridgehead atoms. The standard InChI is InChI=1S/C51H34S/c1-51(2)45-20-9-7-15-37(45)38-25-23-34(30-46(38)51)50-41-18-6-5-17-40(41)49(33-24-27-48-43(29-33)39-16-8-10-21-47(39)52-48)42-26-22-32(28-44(42)50)36-19-11-13-31-12-3-4-14-35(31)36/h3-30H,1-2H3. The highest BCUT2D eigenvalue weighted by molar-refractivity contribution is 7.25. The number of rotatable bonds is 3. The molecule has 0 saturated carbocycles. The van der Waals surface area contributed by atoms with E-state index in [4.69, 9.17) is 0 Å². The van der Waals surface area contributed by atoms with Crippen LogP contribution in [0.3, 0.4) is 0 Å². The summed E-state index contributed by atoms with van der Waals surface area (Å²) in [6.07, 6.45) is 0. The lowest BCUT2D eigenvalue weighted by atomic mass is 9.80. The summed E-state index contributed by atoms with van der Waals surface area (Å²) >= 11 is 1.88. The molecular formula is C51H34S. The maximum absolute atomic E-state index is 2.49. The molecule has 1 heterocycles. The first-order valence-electron chi connectivity index (χ1n) is 18.2. The molecule has 1 aromatic heterocycles. The van der Waals surface area contributed by atoms with Gasteiger partial charge < -0.3 is 0 Å². The molecule has 52 heavy (non-hydrogen) atoms. The molecule has 0 fully saturated rings. The highest BCUT2D eigenvalue weighted by Gasteiger charge is 2.35. The molecule has 1 aliphatic rings. The van der Waals surface area contributed by atoms with Gasteiger partial charge in [-0.3, -0.25) is 0 Å². The van der Waals surface area contributed by atoms with Crippen molar-refractivity contribution in [2.75, 3.05) is 0 Å². The van der Waals surface area contributed by atoms with E-state index >= 15 is 0 Å². The molecule has 0 spiro atoms. The van der Waals surface area contributed by atoms with Gasteiger partial charge in [-0.2, -0.15) is 0 Å². The summed E-state index contributed by atoms with van der Waals surface area (Å²) in [7, 11) is 0. The van der Waals surface area contributed by atoms with Crippen molar-refractivity contribution in [2.24, 2.45) is 0 Å². The van der Waals surface area contributed by atoms with Crippen LogP contribution in [-0.4, -0.2) is 0 Å². The number of thiophene rings is 1. The van der Waals surface area contributed by atoms with Crippen LogP contribution in [0.2, 0.25) is 0 Å². The maximum Gasteiger partial charge on any atom is 0.0355 e. The monoisotopic (exact) mass is 678 g/mol. The lowest BCUT2D eigenvalue weighted by molar-refractivity contribution is 0.660. The smallest absolute Gasteiger partial charge is 0.0355 e. The summed E-state index contributed by atoms with van der Waals surface area (Å²) in [6, 6.07) is 63.8. The predicted molar refractivity (Wildman–Crippen MR) is 226 cm³/mol. The van der Waals surface area contributed by atoms with Gasteiger partial charge in [0.05, 0.1) is 0 Å². The second kappa shape index (κ2) is 11.0. The molecule has 10 aromatic rings. The van der Waals surface area contributed by atoms with Crippen molar-refractivity contribution >= 4 is 63.8 Å². The van der Waals surface area contributed by atoms with E-state index in [1.165, 1.54) is 108 Å². The second-order valence-corrected chi connectivity index (χ2v) is 15.9. The van der Waals surface area contributed by atoms with Crippen LogP contribution in [0.15, 0.2) is 170 Å². The molecule has 0 atom stereocenters. The van der Waals surface area contributed by atoms with Gasteiger partial charge in [0.25, 0.3) is 0 Å². The van der Waals surface area contributed by atoms with Crippen molar-refractivity contribution < 1.29 is 0 Å². The first-order valence-corrected chi connectivity index (χ1v) is 19.0. The Morgan fingerprint density at radius 1 is 0.346 bits per heavy atom. The Hall–Kier alpha value is -6.02. The van der Waals surface area contributed by atoms with Crippen LogP contribution in [0.25, 0.3) is 97.0 Å². The van der Waals surface area contributed by atoms with E-state index in [1.807, 2.05) is 11.3 Å². The molecule has 0 amide bonds.